The van der Waals surface area contributed by atoms with Crippen LogP contribution in [0.2, 0.25) is 0 Å². The van der Waals surface area contributed by atoms with Crippen LogP contribution in [0.4, 0.5) is 0 Å². The quantitative estimate of drug-likeness (QED) is 0.174. The number of nitrogens with zero attached hydrogens (tertiary/aromatic N) is 4. The van der Waals surface area contributed by atoms with Gasteiger partial charge in [0.1, 0.15) is 0 Å². The minimum absolute atomic E-state index is 0.524. The Hall–Kier alpha value is -8.21. The molecule has 4 heteroatoms. The van der Waals surface area contributed by atoms with Crippen LogP contribution in [0.15, 0.2) is 218 Å². The molecule has 2 aromatic heterocycles. The lowest BCUT2D eigenvalue weighted by molar-refractivity contribution is 0.748. The van der Waals surface area contributed by atoms with E-state index in [9.17, 15) is 0 Å². The topological polar surface area (TPSA) is 43.6 Å². The lowest BCUT2D eigenvalue weighted by atomic mass is 9.65. The van der Waals surface area contributed by atoms with E-state index in [2.05, 4.69) is 199 Å². The molecule has 0 radical (unpaired) electrons. The Morgan fingerprint density at radius 2 is 0.823 bits per heavy atom. The second-order valence-corrected chi connectivity index (χ2v) is 16.3. The summed E-state index contributed by atoms with van der Waals surface area (Å²) in [6, 6.07) is 78.6. The van der Waals surface area contributed by atoms with E-state index in [0.29, 0.717) is 17.5 Å². The van der Waals surface area contributed by atoms with Gasteiger partial charge < -0.3 is 4.57 Å². The van der Waals surface area contributed by atoms with Crippen molar-refractivity contribution in [2.24, 2.45) is 0 Å². The van der Waals surface area contributed by atoms with Crippen LogP contribution in [0, 0.1) is 0 Å². The van der Waals surface area contributed by atoms with E-state index in [-0.39, 0.29) is 0 Å². The molecular weight excluding hydrogens is 753 g/mol. The van der Waals surface area contributed by atoms with Crippen molar-refractivity contribution in [2.45, 2.75) is 5.41 Å². The average Bonchev–Trinajstić information content (AvgIpc) is 3.85. The molecule has 0 fully saturated rings. The summed E-state index contributed by atoms with van der Waals surface area (Å²) in [5.41, 5.74) is 18.4. The van der Waals surface area contributed by atoms with Gasteiger partial charge in [-0.15, -0.1) is 0 Å². The highest BCUT2D eigenvalue weighted by Crippen LogP contribution is 2.62. The first-order valence-electron chi connectivity index (χ1n) is 21.2. The standard InChI is InChI=1S/C58H36N4/c1-3-16-37(17-4-1)38-32-34-40(35-33-38)56-59-55(39-18-5-2-6-19-39)60-57(61-56)42-21-13-20-41(36-42)43-24-14-28-49-53(43)46-23-7-9-26-47(46)58(49)48-27-10-12-31-52(48)62-51-30-11-8-22-44(51)45-25-15-29-50(58)54(45)62/h1-36H. The molecule has 11 aromatic rings. The molecule has 3 heterocycles. The molecule has 0 saturated heterocycles. The van der Waals surface area contributed by atoms with Crippen LogP contribution in [0.5, 0.6) is 0 Å². The molecule has 4 nitrogen and oxygen atoms in total. The fourth-order valence-corrected chi connectivity index (χ4v) is 10.5. The fraction of sp³-hybridized carbons (Fsp3) is 0.0172. The highest BCUT2D eigenvalue weighted by atomic mass is 15.0. The third-order valence-corrected chi connectivity index (χ3v) is 13.1. The lowest BCUT2D eigenvalue weighted by Crippen LogP contribution is -2.33. The van der Waals surface area contributed by atoms with Gasteiger partial charge in [-0.25, -0.2) is 15.0 Å². The smallest absolute Gasteiger partial charge is 0.164 e. The maximum Gasteiger partial charge on any atom is 0.164 e. The first-order chi connectivity index (χ1) is 30.8. The molecular formula is C58H36N4. The first kappa shape index (κ1) is 34.6. The molecule has 0 bridgehead atoms. The van der Waals surface area contributed by atoms with Crippen molar-refractivity contribution in [3.05, 3.63) is 241 Å². The summed E-state index contributed by atoms with van der Waals surface area (Å²) in [4.78, 5) is 15.4. The van der Waals surface area contributed by atoms with Crippen molar-refractivity contribution < 1.29 is 0 Å². The van der Waals surface area contributed by atoms with Crippen LogP contribution < -0.4 is 0 Å². The molecule has 1 unspecified atom stereocenters. The predicted molar refractivity (Wildman–Crippen MR) is 252 cm³/mol. The van der Waals surface area contributed by atoms with Gasteiger partial charge in [0, 0.05) is 27.5 Å². The third-order valence-electron chi connectivity index (χ3n) is 13.1. The molecule has 0 amide bonds. The Balaban J connectivity index is 1.01. The maximum atomic E-state index is 5.17. The van der Waals surface area contributed by atoms with Crippen LogP contribution in [0.1, 0.15) is 22.3 Å². The molecule has 288 valence electrons. The van der Waals surface area contributed by atoms with Gasteiger partial charge in [0.05, 0.1) is 22.1 Å². The predicted octanol–water partition coefficient (Wildman–Crippen LogP) is 14.0. The van der Waals surface area contributed by atoms with Gasteiger partial charge in [-0.05, 0) is 73.8 Å². The zero-order chi connectivity index (χ0) is 40.8. The molecule has 1 atom stereocenters. The normalized spacial score (nSPS) is 14.5. The van der Waals surface area contributed by atoms with E-state index in [1.54, 1.807) is 0 Å². The zero-order valence-electron chi connectivity index (χ0n) is 33.6. The van der Waals surface area contributed by atoms with Crippen molar-refractivity contribution in [3.63, 3.8) is 0 Å². The van der Waals surface area contributed by atoms with Crippen molar-refractivity contribution in [1.29, 1.82) is 0 Å². The highest BCUT2D eigenvalue weighted by molar-refractivity contribution is 6.13. The summed E-state index contributed by atoms with van der Waals surface area (Å²) in [5.74, 6) is 1.91. The van der Waals surface area contributed by atoms with Gasteiger partial charge in [-0.3, -0.25) is 0 Å². The maximum absolute atomic E-state index is 5.17. The van der Waals surface area contributed by atoms with Gasteiger partial charge in [-0.2, -0.15) is 0 Å². The third kappa shape index (κ3) is 4.92. The van der Waals surface area contributed by atoms with Gasteiger partial charge in [0.15, 0.2) is 17.5 Å². The molecule has 13 rings (SSSR count). The highest BCUT2D eigenvalue weighted by Gasteiger charge is 2.51. The molecule has 0 N–H and O–H groups in total. The minimum atomic E-state index is -0.524. The average molecular weight is 789 g/mol. The van der Waals surface area contributed by atoms with Crippen LogP contribution in [-0.4, -0.2) is 19.5 Å². The van der Waals surface area contributed by atoms with Gasteiger partial charge in [0.25, 0.3) is 0 Å². The van der Waals surface area contributed by atoms with Crippen molar-refractivity contribution in [3.8, 4) is 73.2 Å². The Morgan fingerprint density at radius 3 is 1.63 bits per heavy atom. The second kappa shape index (κ2) is 13.4. The summed E-state index contributed by atoms with van der Waals surface area (Å²) in [7, 11) is 0. The van der Waals surface area contributed by atoms with Crippen molar-refractivity contribution in [2.75, 3.05) is 0 Å². The number of hydrogen-bond acceptors (Lipinski definition) is 3. The van der Waals surface area contributed by atoms with E-state index < -0.39 is 5.41 Å². The van der Waals surface area contributed by atoms with E-state index in [4.69, 9.17) is 15.0 Å². The first-order valence-corrected chi connectivity index (χ1v) is 21.2. The molecule has 1 aliphatic carbocycles. The number of para-hydroxylation sites is 3. The molecule has 2 aliphatic rings. The van der Waals surface area contributed by atoms with Crippen LogP contribution in [0.25, 0.3) is 95.0 Å². The van der Waals surface area contributed by atoms with Gasteiger partial charge in [-0.1, -0.05) is 200 Å². The second-order valence-electron chi connectivity index (χ2n) is 16.3. The van der Waals surface area contributed by atoms with Gasteiger partial charge in [0.2, 0.25) is 0 Å². The van der Waals surface area contributed by atoms with E-state index in [1.807, 2.05) is 24.3 Å². The summed E-state index contributed by atoms with van der Waals surface area (Å²) in [5, 5.41) is 2.55. The van der Waals surface area contributed by atoms with Crippen LogP contribution in [-0.2, 0) is 5.41 Å². The monoisotopic (exact) mass is 788 g/mol. The Labute approximate surface area is 359 Å². The largest absolute Gasteiger partial charge is 0.309 e. The van der Waals surface area contributed by atoms with Gasteiger partial charge >= 0.3 is 0 Å². The van der Waals surface area contributed by atoms with E-state index >= 15 is 0 Å². The number of rotatable bonds is 5. The van der Waals surface area contributed by atoms with Crippen LogP contribution in [0.3, 0.4) is 0 Å². The molecule has 1 aliphatic heterocycles. The Morgan fingerprint density at radius 1 is 0.323 bits per heavy atom. The van der Waals surface area contributed by atoms with E-state index in [0.717, 1.165) is 27.8 Å². The molecule has 0 saturated carbocycles. The number of hydrogen-bond donors (Lipinski definition) is 0. The van der Waals surface area contributed by atoms with Crippen molar-refractivity contribution in [1.82, 2.24) is 19.5 Å². The molecule has 9 aromatic carbocycles. The summed E-state index contributed by atoms with van der Waals surface area (Å²) in [6.45, 7) is 0. The van der Waals surface area contributed by atoms with E-state index in [1.165, 1.54) is 72.0 Å². The summed E-state index contributed by atoms with van der Waals surface area (Å²) < 4.78 is 2.50. The number of aromatic nitrogens is 4. The zero-order valence-corrected chi connectivity index (χ0v) is 33.6. The Bertz CT molecular complexity index is 3570. The lowest BCUT2D eigenvalue weighted by Gasteiger charge is -2.39. The Kier molecular flexibility index (Phi) is 7.49. The van der Waals surface area contributed by atoms with Crippen LogP contribution >= 0.6 is 0 Å². The van der Waals surface area contributed by atoms with Crippen molar-refractivity contribution >= 4 is 21.8 Å². The SMILES string of the molecule is c1ccc(-c2ccc(-c3nc(-c4ccccc4)nc(-c4cccc(-c5cccc6c5-c5ccccc5C65c6ccccc6-n6c7ccccc7c7cccc5c76)c4)n3)cc2)cc1. The molecule has 1 spiro atoms. The summed E-state index contributed by atoms with van der Waals surface area (Å²) in [6.07, 6.45) is 0. The number of benzene rings is 9. The summed E-state index contributed by atoms with van der Waals surface area (Å²) >= 11 is 0. The number of fused-ring (bicyclic) bond motifs is 12. The molecule has 62 heavy (non-hydrogen) atoms. The fourth-order valence-electron chi connectivity index (χ4n) is 10.5. The minimum Gasteiger partial charge on any atom is -0.309 e.